The zero-order valence-corrected chi connectivity index (χ0v) is 19.7. The Morgan fingerprint density at radius 1 is 1.00 bits per heavy atom. The van der Waals surface area contributed by atoms with Gasteiger partial charge in [0, 0.05) is 21.7 Å². The van der Waals surface area contributed by atoms with Crippen LogP contribution in [0.25, 0.3) is 0 Å². The van der Waals surface area contributed by atoms with Gasteiger partial charge in [0.2, 0.25) is 5.91 Å². The summed E-state index contributed by atoms with van der Waals surface area (Å²) in [6, 6.07) is 17.3. The molecular formula is C23H18BrN3O5S. The minimum atomic E-state index is -0.614. The van der Waals surface area contributed by atoms with Gasteiger partial charge in [-0.05, 0) is 52.5 Å². The average Bonchev–Trinajstić information content (AvgIpc) is 2.83. The summed E-state index contributed by atoms with van der Waals surface area (Å²) in [6.07, 6.45) is 1.70. The molecule has 0 aliphatic rings. The lowest BCUT2D eigenvalue weighted by molar-refractivity contribution is -0.387. The molecule has 0 fully saturated rings. The quantitative estimate of drug-likeness (QED) is 0.190. The Morgan fingerprint density at radius 3 is 2.33 bits per heavy atom. The molecule has 0 aromatic heterocycles. The van der Waals surface area contributed by atoms with Gasteiger partial charge in [0.1, 0.15) is 0 Å². The first-order valence-corrected chi connectivity index (χ1v) is 11.6. The van der Waals surface area contributed by atoms with Crippen LogP contribution in [0.15, 0.2) is 76.1 Å². The Labute approximate surface area is 202 Å². The predicted octanol–water partition coefficient (Wildman–Crippen LogP) is 4.68. The van der Waals surface area contributed by atoms with Gasteiger partial charge < -0.3 is 10.6 Å². The van der Waals surface area contributed by atoms with Crippen molar-refractivity contribution in [3.8, 4) is 0 Å². The molecule has 2 amide bonds. The summed E-state index contributed by atoms with van der Waals surface area (Å²) in [5, 5.41) is 16.5. The SMILES string of the molecule is CSc1ccc(C(=O)c2ccccc2C(=O)NCC(=O)Nc2ccccc2Br)cc1[N+](=O)[O-]. The second-order valence-electron chi connectivity index (χ2n) is 6.73. The Hall–Kier alpha value is -3.50. The van der Waals surface area contributed by atoms with Crippen LogP contribution in [-0.2, 0) is 4.79 Å². The summed E-state index contributed by atoms with van der Waals surface area (Å²) in [5.41, 5.74) is 0.605. The highest BCUT2D eigenvalue weighted by atomic mass is 79.9. The van der Waals surface area contributed by atoms with Crippen LogP contribution < -0.4 is 10.6 Å². The predicted molar refractivity (Wildman–Crippen MR) is 130 cm³/mol. The van der Waals surface area contributed by atoms with E-state index in [4.69, 9.17) is 0 Å². The highest BCUT2D eigenvalue weighted by Crippen LogP contribution is 2.29. The van der Waals surface area contributed by atoms with Crippen molar-refractivity contribution in [3.63, 3.8) is 0 Å². The molecule has 0 radical (unpaired) electrons. The molecule has 2 N–H and O–H groups in total. The van der Waals surface area contributed by atoms with E-state index in [1.807, 2.05) is 0 Å². The Balaban J connectivity index is 1.77. The number of nitro benzene ring substituents is 1. The molecule has 10 heteroatoms. The number of para-hydroxylation sites is 1. The largest absolute Gasteiger partial charge is 0.343 e. The van der Waals surface area contributed by atoms with E-state index in [0.29, 0.717) is 15.1 Å². The number of hydrogen-bond donors (Lipinski definition) is 2. The number of nitro groups is 1. The fraction of sp³-hybridized carbons (Fsp3) is 0.0870. The van der Waals surface area contributed by atoms with Gasteiger partial charge >= 0.3 is 0 Å². The fourth-order valence-corrected chi connectivity index (χ4v) is 3.95. The summed E-state index contributed by atoms with van der Waals surface area (Å²) < 4.78 is 0.696. The summed E-state index contributed by atoms with van der Waals surface area (Å²) in [5.74, 6) is -1.59. The van der Waals surface area contributed by atoms with E-state index in [-0.39, 0.29) is 28.9 Å². The fourth-order valence-electron chi connectivity index (χ4n) is 3.02. The molecule has 0 atom stereocenters. The molecule has 3 aromatic rings. The number of ketones is 1. The number of hydrogen-bond acceptors (Lipinski definition) is 6. The molecule has 3 rings (SSSR count). The summed E-state index contributed by atoms with van der Waals surface area (Å²) in [4.78, 5) is 49.3. The van der Waals surface area contributed by atoms with Gasteiger partial charge in [0.25, 0.3) is 11.6 Å². The zero-order valence-electron chi connectivity index (χ0n) is 17.3. The van der Waals surface area contributed by atoms with E-state index in [1.165, 1.54) is 42.1 Å². The number of nitrogens with zero attached hydrogens (tertiary/aromatic N) is 1. The average molecular weight is 528 g/mol. The topological polar surface area (TPSA) is 118 Å². The maximum atomic E-state index is 13.1. The summed E-state index contributed by atoms with van der Waals surface area (Å²) >= 11 is 4.53. The van der Waals surface area contributed by atoms with Crippen LogP contribution >= 0.6 is 27.7 Å². The van der Waals surface area contributed by atoms with Crippen molar-refractivity contribution in [1.29, 1.82) is 0 Å². The molecule has 0 aliphatic carbocycles. The van der Waals surface area contributed by atoms with Crippen molar-refractivity contribution in [1.82, 2.24) is 5.32 Å². The number of anilines is 1. The molecular weight excluding hydrogens is 510 g/mol. The van der Waals surface area contributed by atoms with Gasteiger partial charge in [0.15, 0.2) is 5.78 Å². The van der Waals surface area contributed by atoms with E-state index >= 15 is 0 Å². The van der Waals surface area contributed by atoms with E-state index in [1.54, 1.807) is 42.7 Å². The lowest BCUT2D eigenvalue weighted by Crippen LogP contribution is -2.33. The number of nitrogens with one attached hydrogen (secondary N) is 2. The monoisotopic (exact) mass is 527 g/mol. The maximum absolute atomic E-state index is 13.1. The second-order valence-corrected chi connectivity index (χ2v) is 8.43. The molecule has 8 nitrogen and oxygen atoms in total. The van der Waals surface area contributed by atoms with Crippen LogP contribution in [0, 0.1) is 10.1 Å². The van der Waals surface area contributed by atoms with Crippen LogP contribution in [-0.4, -0.2) is 35.3 Å². The first-order valence-electron chi connectivity index (χ1n) is 9.60. The highest BCUT2D eigenvalue weighted by molar-refractivity contribution is 9.10. The smallest absolute Gasteiger partial charge is 0.283 e. The molecule has 0 bridgehead atoms. The Kier molecular flexibility index (Phi) is 7.96. The van der Waals surface area contributed by atoms with Gasteiger partial charge in [0.05, 0.1) is 27.6 Å². The van der Waals surface area contributed by atoms with Crippen molar-refractivity contribution >= 4 is 56.7 Å². The van der Waals surface area contributed by atoms with Gasteiger partial charge in [-0.25, -0.2) is 0 Å². The standard InChI is InChI=1S/C23H18BrN3O5S/c1-33-20-11-10-14(12-19(20)27(31)32)22(29)15-6-2-3-7-16(15)23(30)25-13-21(28)26-18-9-5-4-8-17(18)24/h2-12H,13H2,1H3,(H,25,30)(H,26,28). The number of halogens is 1. The van der Waals surface area contributed by atoms with Crippen LogP contribution in [0.1, 0.15) is 26.3 Å². The molecule has 0 spiro atoms. The lowest BCUT2D eigenvalue weighted by atomic mass is 9.97. The van der Waals surface area contributed by atoms with Crippen molar-refractivity contribution < 1.29 is 19.3 Å². The second kappa shape index (κ2) is 10.9. The molecule has 168 valence electrons. The van der Waals surface area contributed by atoms with Gasteiger partial charge in [-0.15, -0.1) is 11.8 Å². The number of rotatable bonds is 8. The minimum absolute atomic E-state index is 0.0628. The molecule has 33 heavy (non-hydrogen) atoms. The number of carbonyl (C=O) groups excluding carboxylic acids is 3. The number of amides is 2. The third kappa shape index (κ3) is 5.85. The molecule has 0 saturated heterocycles. The Bertz CT molecular complexity index is 1250. The number of benzene rings is 3. The molecule has 0 aliphatic heterocycles. The minimum Gasteiger partial charge on any atom is -0.343 e. The third-order valence-corrected chi connectivity index (χ3v) is 6.09. The van der Waals surface area contributed by atoms with Crippen LogP contribution in [0.4, 0.5) is 11.4 Å². The van der Waals surface area contributed by atoms with Gasteiger partial charge in [-0.2, -0.15) is 0 Å². The zero-order chi connectivity index (χ0) is 24.0. The lowest BCUT2D eigenvalue weighted by Gasteiger charge is -2.11. The molecule has 0 heterocycles. The molecule has 0 saturated carbocycles. The van der Waals surface area contributed by atoms with Crippen molar-refractivity contribution in [2.24, 2.45) is 0 Å². The van der Waals surface area contributed by atoms with Crippen LogP contribution in [0.5, 0.6) is 0 Å². The van der Waals surface area contributed by atoms with E-state index in [0.717, 1.165) is 0 Å². The van der Waals surface area contributed by atoms with Gasteiger partial charge in [-0.3, -0.25) is 24.5 Å². The highest BCUT2D eigenvalue weighted by Gasteiger charge is 2.22. The van der Waals surface area contributed by atoms with E-state index < -0.39 is 22.5 Å². The maximum Gasteiger partial charge on any atom is 0.283 e. The number of carbonyl (C=O) groups is 3. The van der Waals surface area contributed by atoms with Crippen molar-refractivity contribution in [2.75, 3.05) is 18.1 Å². The van der Waals surface area contributed by atoms with Crippen LogP contribution in [0.3, 0.4) is 0 Å². The van der Waals surface area contributed by atoms with Crippen LogP contribution in [0.2, 0.25) is 0 Å². The Morgan fingerprint density at radius 2 is 1.67 bits per heavy atom. The summed E-state index contributed by atoms with van der Waals surface area (Å²) in [7, 11) is 0. The van der Waals surface area contributed by atoms with Crippen molar-refractivity contribution in [2.45, 2.75) is 4.90 Å². The normalized spacial score (nSPS) is 10.4. The van der Waals surface area contributed by atoms with E-state index in [2.05, 4.69) is 26.6 Å². The first-order chi connectivity index (χ1) is 15.8. The summed E-state index contributed by atoms with van der Waals surface area (Å²) in [6.45, 7) is -0.309. The molecule has 0 unspecified atom stereocenters. The third-order valence-electron chi connectivity index (χ3n) is 4.61. The van der Waals surface area contributed by atoms with E-state index in [9.17, 15) is 24.5 Å². The molecule has 3 aromatic carbocycles. The van der Waals surface area contributed by atoms with Crippen molar-refractivity contribution in [3.05, 3.63) is 98.0 Å². The van der Waals surface area contributed by atoms with Gasteiger partial charge in [-0.1, -0.05) is 30.3 Å². The number of thioether (sulfide) groups is 1. The first kappa shape index (κ1) is 24.1.